The normalized spacial score (nSPS) is 18.1. The Labute approximate surface area is 102 Å². The van der Waals surface area contributed by atoms with Crippen molar-refractivity contribution in [2.75, 3.05) is 12.3 Å². The summed E-state index contributed by atoms with van der Waals surface area (Å²) in [6.45, 7) is 0.969. The summed E-state index contributed by atoms with van der Waals surface area (Å²) in [5.74, 6) is -0.824. The molecule has 0 unspecified atom stereocenters. The van der Waals surface area contributed by atoms with Crippen LogP contribution in [0.4, 0.5) is 10.2 Å². The number of aliphatic hydroxyl groups excluding tert-OH is 3. The minimum atomic E-state index is -2.13. The SMILES string of the molecule is C[C@@H](CO)[C@@H](O)[C@@H](F)[C@@H](O)n1ccc(N)nc1=O. The molecule has 0 fully saturated rings. The van der Waals surface area contributed by atoms with Gasteiger partial charge in [0.25, 0.3) is 0 Å². The second kappa shape index (κ2) is 5.89. The molecule has 1 rings (SSSR count). The van der Waals surface area contributed by atoms with E-state index in [0.717, 1.165) is 6.20 Å². The van der Waals surface area contributed by atoms with Crippen LogP contribution in [0.1, 0.15) is 13.2 Å². The van der Waals surface area contributed by atoms with Crippen LogP contribution in [0, 0.1) is 5.92 Å². The van der Waals surface area contributed by atoms with Crippen LogP contribution in [0.15, 0.2) is 17.1 Å². The molecule has 4 atom stereocenters. The molecule has 1 aromatic rings. The Hall–Kier alpha value is -1.51. The van der Waals surface area contributed by atoms with Gasteiger partial charge in [-0.05, 0) is 6.07 Å². The lowest BCUT2D eigenvalue weighted by molar-refractivity contribution is -0.0742. The first-order chi connectivity index (χ1) is 8.38. The van der Waals surface area contributed by atoms with Crippen molar-refractivity contribution in [1.82, 2.24) is 9.55 Å². The zero-order valence-electron chi connectivity index (χ0n) is 9.77. The van der Waals surface area contributed by atoms with Gasteiger partial charge in [0.15, 0.2) is 12.4 Å². The zero-order valence-corrected chi connectivity index (χ0v) is 9.77. The first kappa shape index (κ1) is 14.6. The largest absolute Gasteiger partial charge is 0.396 e. The molecule has 0 aliphatic rings. The maximum atomic E-state index is 13.8. The van der Waals surface area contributed by atoms with Crippen molar-refractivity contribution in [2.24, 2.45) is 5.92 Å². The van der Waals surface area contributed by atoms with Crippen LogP contribution in [0.25, 0.3) is 0 Å². The van der Waals surface area contributed by atoms with Crippen molar-refractivity contribution in [3.05, 3.63) is 22.7 Å². The fraction of sp³-hybridized carbons (Fsp3) is 0.600. The molecule has 0 spiro atoms. The number of nitrogens with two attached hydrogens (primary N) is 1. The Morgan fingerprint density at radius 2 is 2.17 bits per heavy atom. The van der Waals surface area contributed by atoms with E-state index in [4.69, 9.17) is 10.8 Å². The molecule has 5 N–H and O–H groups in total. The number of halogens is 1. The maximum Gasteiger partial charge on any atom is 0.351 e. The van der Waals surface area contributed by atoms with Gasteiger partial charge in [0.2, 0.25) is 0 Å². The van der Waals surface area contributed by atoms with Crippen molar-refractivity contribution in [3.8, 4) is 0 Å². The predicted octanol–water partition coefficient (Wildman–Crippen LogP) is -1.36. The van der Waals surface area contributed by atoms with Gasteiger partial charge in [-0.15, -0.1) is 0 Å². The van der Waals surface area contributed by atoms with Gasteiger partial charge in [-0.3, -0.25) is 4.57 Å². The molecule has 0 saturated heterocycles. The van der Waals surface area contributed by atoms with Gasteiger partial charge in [0, 0.05) is 18.7 Å². The van der Waals surface area contributed by atoms with Gasteiger partial charge in [-0.1, -0.05) is 6.92 Å². The topological polar surface area (TPSA) is 122 Å². The van der Waals surface area contributed by atoms with Gasteiger partial charge >= 0.3 is 5.69 Å². The van der Waals surface area contributed by atoms with Crippen LogP contribution in [0.5, 0.6) is 0 Å². The minimum absolute atomic E-state index is 0.0527. The third kappa shape index (κ3) is 3.03. The summed E-state index contributed by atoms with van der Waals surface area (Å²) < 4.78 is 14.4. The summed E-state index contributed by atoms with van der Waals surface area (Å²) in [5, 5.41) is 27.9. The number of nitrogen functional groups attached to an aromatic ring is 1. The van der Waals surface area contributed by atoms with Crippen LogP contribution >= 0.6 is 0 Å². The Morgan fingerprint density at radius 3 is 2.67 bits per heavy atom. The summed E-state index contributed by atoms with van der Waals surface area (Å²) in [7, 11) is 0. The molecule has 0 aliphatic heterocycles. The van der Waals surface area contributed by atoms with E-state index < -0.39 is 36.7 Å². The Morgan fingerprint density at radius 1 is 1.56 bits per heavy atom. The van der Waals surface area contributed by atoms with Gasteiger partial charge in [0.1, 0.15) is 5.82 Å². The second-order valence-corrected chi connectivity index (χ2v) is 4.05. The number of rotatable bonds is 5. The van der Waals surface area contributed by atoms with E-state index in [1.807, 2.05) is 0 Å². The summed E-state index contributed by atoms with van der Waals surface area (Å²) in [6, 6.07) is 1.22. The number of hydrogen-bond acceptors (Lipinski definition) is 6. The lowest BCUT2D eigenvalue weighted by Gasteiger charge is -2.25. The molecule has 0 radical (unpaired) electrons. The summed E-state index contributed by atoms with van der Waals surface area (Å²) in [5.41, 5.74) is 4.33. The van der Waals surface area contributed by atoms with Crippen molar-refractivity contribution in [1.29, 1.82) is 0 Å². The molecular formula is C10H16FN3O4. The van der Waals surface area contributed by atoms with E-state index in [9.17, 15) is 19.4 Å². The fourth-order valence-electron chi connectivity index (χ4n) is 1.38. The molecule has 1 aromatic heterocycles. The first-order valence-corrected chi connectivity index (χ1v) is 5.34. The highest BCUT2D eigenvalue weighted by molar-refractivity contribution is 5.23. The third-order valence-electron chi connectivity index (χ3n) is 2.62. The van der Waals surface area contributed by atoms with Crippen molar-refractivity contribution in [3.63, 3.8) is 0 Å². The number of alkyl halides is 1. The molecular weight excluding hydrogens is 245 g/mol. The predicted molar refractivity (Wildman–Crippen MR) is 61.3 cm³/mol. The lowest BCUT2D eigenvalue weighted by Crippen LogP contribution is -2.40. The quantitative estimate of drug-likeness (QED) is 0.519. The number of anilines is 1. The maximum absolute atomic E-state index is 13.8. The molecule has 0 bridgehead atoms. The number of aliphatic hydroxyl groups is 3. The molecule has 0 saturated carbocycles. The van der Waals surface area contributed by atoms with Crippen LogP contribution < -0.4 is 11.4 Å². The zero-order chi connectivity index (χ0) is 13.9. The van der Waals surface area contributed by atoms with E-state index in [-0.39, 0.29) is 5.82 Å². The van der Waals surface area contributed by atoms with E-state index in [0.29, 0.717) is 4.57 Å². The standard InChI is InChI=1S/C10H16FN3O4/c1-5(4-15)8(16)7(11)9(17)14-3-2-6(12)13-10(14)18/h2-3,5,7-9,15-17H,4H2,1H3,(H2,12,13,18)/t5-,7+,8+,9+/m0/s1. The summed E-state index contributed by atoms with van der Waals surface area (Å²) in [4.78, 5) is 14.7. The highest BCUT2D eigenvalue weighted by Crippen LogP contribution is 2.19. The van der Waals surface area contributed by atoms with Crippen molar-refractivity contribution >= 4 is 5.82 Å². The number of aromatic nitrogens is 2. The summed E-state index contributed by atoms with van der Waals surface area (Å²) in [6.07, 6.45) is -4.54. The third-order valence-corrected chi connectivity index (χ3v) is 2.62. The number of hydrogen-bond donors (Lipinski definition) is 4. The first-order valence-electron chi connectivity index (χ1n) is 5.34. The van der Waals surface area contributed by atoms with Crippen LogP contribution in [-0.4, -0.2) is 43.8 Å². The molecule has 7 nitrogen and oxygen atoms in total. The molecule has 0 aliphatic carbocycles. The second-order valence-electron chi connectivity index (χ2n) is 4.05. The van der Waals surface area contributed by atoms with Crippen molar-refractivity contribution < 1.29 is 19.7 Å². The smallest absolute Gasteiger partial charge is 0.351 e. The Kier molecular flexibility index (Phi) is 4.76. The lowest BCUT2D eigenvalue weighted by atomic mass is 10.0. The van der Waals surface area contributed by atoms with Gasteiger partial charge in [-0.25, -0.2) is 9.18 Å². The highest BCUT2D eigenvalue weighted by atomic mass is 19.1. The van der Waals surface area contributed by atoms with E-state index in [1.165, 1.54) is 13.0 Å². The minimum Gasteiger partial charge on any atom is -0.396 e. The molecule has 1 heterocycles. The molecule has 0 aromatic carbocycles. The van der Waals surface area contributed by atoms with E-state index >= 15 is 0 Å². The molecule has 8 heteroatoms. The van der Waals surface area contributed by atoms with E-state index in [1.54, 1.807) is 0 Å². The van der Waals surface area contributed by atoms with Gasteiger partial charge < -0.3 is 21.1 Å². The monoisotopic (exact) mass is 261 g/mol. The van der Waals surface area contributed by atoms with Crippen molar-refractivity contribution in [2.45, 2.75) is 25.4 Å². The van der Waals surface area contributed by atoms with Gasteiger partial charge in [0.05, 0.1) is 6.10 Å². The van der Waals surface area contributed by atoms with E-state index in [2.05, 4.69) is 4.98 Å². The average molecular weight is 261 g/mol. The Bertz CT molecular complexity index is 453. The van der Waals surface area contributed by atoms with Crippen LogP contribution in [0.3, 0.4) is 0 Å². The molecule has 18 heavy (non-hydrogen) atoms. The molecule has 102 valence electrons. The van der Waals surface area contributed by atoms with Crippen LogP contribution in [-0.2, 0) is 0 Å². The van der Waals surface area contributed by atoms with Gasteiger partial charge in [-0.2, -0.15) is 4.98 Å². The number of nitrogens with zero attached hydrogens (tertiary/aromatic N) is 2. The highest BCUT2D eigenvalue weighted by Gasteiger charge is 2.32. The summed E-state index contributed by atoms with van der Waals surface area (Å²) >= 11 is 0. The molecule has 0 amide bonds. The average Bonchev–Trinajstić information content (AvgIpc) is 2.35. The Balaban J connectivity index is 2.92. The van der Waals surface area contributed by atoms with Crippen LogP contribution in [0.2, 0.25) is 0 Å². The fourth-order valence-corrected chi connectivity index (χ4v) is 1.38.